The van der Waals surface area contributed by atoms with Crippen LogP contribution >= 0.6 is 0 Å². The summed E-state index contributed by atoms with van der Waals surface area (Å²) in [5.74, 6) is 0.640. The van der Waals surface area contributed by atoms with Gasteiger partial charge in [-0.25, -0.2) is 9.97 Å². The lowest BCUT2D eigenvalue weighted by Gasteiger charge is -2.15. The van der Waals surface area contributed by atoms with Crippen LogP contribution in [-0.2, 0) is 0 Å². The molecule has 0 radical (unpaired) electrons. The second-order valence-electron chi connectivity index (χ2n) is 5.44. The normalized spacial score (nSPS) is 11.2. The monoisotopic (exact) mass is 344 g/mol. The van der Waals surface area contributed by atoms with Crippen LogP contribution in [0.4, 0.5) is 0 Å². The minimum absolute atomic E-state index is 0.278. The molecule has 6 nitrogen and oxygen atoms in total. The number of rotatable bonds is 5. The van der Waals surface area contributed by atoms with Gasteiger partial charge in [0.15, 0.2) is 5.82 Å². The van der Waals surface area contributed by atoms with E-state index >= 15 is 0 Å². The third kappa shape index (κ3) is 3.68. The average molecular weight is 344 g/mol. The van der Waals surface area contributed by atoms with Crippen molar-refractivity contribution in [3.05, 3.63) is 78.1 Å². The van der Waals surface area contributed by atoms with Crippen molar-refractivity contribution >= 4 is 5.91 Å². The Hall–Kier alpha value is -3.72. The molecule has 26 heavy (non-hydrogen) atoms. The van der Waals surface area contributed by atoms with Crippen molar-refractivity contribution in [2.75, 3.05) is 7.11 Å². The van der Waals surface area contributed by atoms with Gasteiger partial charge in [-0.1, -0.05) is 48.5 Å². The first kappa shape index (κ1) is 17.1. The minimum Gasteiger partial charge on any atom is -0.496 e. The predicted molar refractivity (Wildman–Crippen MR) is 96.3 cm³/mol. The number of nitrogens with zero attached hydrogens (tertiary/aromatic N) is 3. The quantitative estimate of drug-likeness (QED) is 0.768. The van der Waals surface area contributed by atoms with Gasteiger partial charge in [0.05, 0.1) is 18.7 Å². The number of hydrogen-bond acceptors (Lipinski definition) is 5. The Balaban J connectivity index is 1.78. The summed E-state index contributed by atoms with van der Waals surface area (Å²) in [6, 6.07) is 17.8. The van der Waals surface area contributed by atoms with Crippen molar-refractivity contribution in [3.63, 3.8) is 0 Å². The van der Waals surface area contributed by atoms with Gasteiger partial charge < -0.3 is 10.1 Å². The number of para-hydroxylation sites is 1. The van der Waals surface area contributed by atoms with Crippen molar-refractivity contribution in [1.82, 2.24) is 15.3 Å². The van der Waals surface area contributed by atoms with Crippen LogP contribution in [0.2, 0.25) is 0 Å². The number of carbonyl (C=O) groups excluding carboxylic acids is 1. The van der Waals surface area contributed by atoms with Crippen LogP contribution in [0.25, 0.3) is 11.4 Å². The van der Waals surface area contributed by atoms with E-state index in [1.165, 1.54) is 19.5 Å². The van der Waals surface area contributed by atoms with Crippen LogP contribution in [0.15, 0.2) is 67.0 Å². The summed E-state index contributed by atoms with van der Waals surface area (Å²) in [5, 5.41) is 12.1. The van der Waals surface area contributed by atoms with Gasteiger partial charge in [0.1, 0.15) is 11.8 Å². The lowest BCUT2D eigenvalue weighted by molar-refractivity contribution is 0.0944. The highest BCUT2D eigenvalue weighted by Gasteiger charge is 2.19. The molecule has 2 aromatic carbocycles. The topological polar surface area (TPSA) is 87.9 Å². The number of ether oxygens (including phenoxy) is 1. The summed E-state index contributed by atoms with van der Waals surface area (Å²) in [6.07, 6.45) is 2.89. The van der Waals surface area contributed by atoms with E-state index in [4.69, 9.17) is 4.74 Å². The predicted octanol–water partition coefficient (Wildman–Crippen LogP) is 3.15. The molecule has 0 aliphatic carbocycles. The highest BCUT2D eigenvalue weighted by Crippen LogP contribution is 2.24. The van der Waals surface area contributed by atoms with Gasteiger partial charge in [0.2, 0.25) is 0 Å². The van der Waals surface area contributed by atoms with E-state index in [-0.39, 0.29) is 5.56 Å². The summed E-state index contributed by atoms with van der Waals surface area (Å²) < 4.78 is 5.25. The number of nitriles is 1. The lowest BCUT2D eigenvalue weighted by atomic mass is 10.1. The smallest absolute Gasteiger partial charge is 0.255 e. The summed E-state index contributed by atoms with van der Waals surface area (Å²) in [7, 11) is 1.52. The Morgan fingerprint density at radius 3 is 2.38 bits per heavy atom. The zero-order chi connectivity index (χ0) is 18.4. The van der Waals surface area contributed by atoms with Gasteiger partial charge in [-0.15, -0.1) is 0 Å². The van der Waals surface area contributed by atoms with Gasteiger partial charge in [-0.2, -0.15) is 5.26 Å². The molecule has 0 spiro atoms. The van der Waals surface area contributed by atoms with E-state index in [1.54, 1.807) is 24.3 Å². The largest absolute Gasteiger partial charge is 0.496 e. The first-order chi connectivity index (χ1) is 12.7. The average Bonchev–Trinajstić information content (AvgIpc) is 2.72. The molecule has 3 aromatic rings. The minimum atomic E-state index is -0.840. The molecule has 128 valence electrons. The van der Waals surface area contributed by atoms with Gasteiger partial charge in [0.25, 0.3) is 5.91 Å². The molecular formula is C20H16N4O2. The summed E-state index contributed by atoms with van der Waals surface area (Å²) in [4.78, 5) is 20.9. The Morgan fingerprint density at radius 1 is 1.08 bits per heavy atom. The van der Waals surface area contributed by atoms with Gasteiger partial charge >= 0.3 is 0 Å². The fourth-order valence-electron chi connectivity index (χ4n) is 2.48. The molecule has 1 amide bonds. The van der Waals surface area contributed by atoms with Crippen molar-refractivity contribution in [2.24, 2.45) is 0 Å². The van der Waals surface area contributed by atoms with Gasteiger partial charge in [0, 0.05) is 23.5 Å². The summed E-state index contributed by atoms with van der Waals surface area (Å²) >= 11 is 0. The molecule has 1 atom stereocenters. The van der Waals surface area contributed by atoms with E-state index in [1.807, 2.05) is 30.3 Å². The number of carbonyl (C=O) groups is 1. The van der Waals surface area contributed by atoms with Crippen LogP contribution in [0.5, 0.6) is 5.75 Å². The van der Waals surface area contributed by atoms with Crippen LogP contribution in [0.1, 0.15) is 22.0 Å². The van der Waals surface area contributed by atoms with Crippen molar-refractivity contribution < 1.29 is 9.53 Å². The number of nitrogens with one attached hydrogen (secondary N) is 1. The molecule has 0 unspecified atom stereocenters. The Morgan fingerprint density at radius 2 is 1.73 bits per heavy atom. The van der Waals surface area contributed by atoms with Crippen molar-refractivity contribution in [1.29, 1.82) is 5.26 Å². The Labute approximate surface area is 151 Å². The molecule has 1 aromatic heterocycles. The molecular weight excluding hydrogens is 328 g/mol. The van der Waals surface area contributed by atoms with E-state index in [9.17, 15) is 10.1 Å². The maximum atomic E-state index is 12.5. The first-order valence-corrected chi connectivity index (χ1v) is 7.94. The van der Waals surface area contributed by atoms with Crippen molar-refractivity contribution in [3.8, 4) is 23.2 Å². The van der Waals surface area contributed by atoms with E-state index in [2.05, 4.69) is 21.4 Å². The SMILES string of the molecule is COc1ccccc1[C@@H](C#N)NC(=O)c1cnc(-c2ccccc2)nc1. The fraction of sp³-hybridized carbons (Fsp3) is 0.100. The standard InChI is InChI=1S/C20H16N4O2/c1-26-18-10-6-5-9-16(18)17(11-21)24-20(25)15-12-22-19(23-13-15)14-7-3-2-4-8-14/h2-10,12-13,17H,1H3,(H,24,25)/t17-/m1/s1. The number of benzene rings is 2. The molecule has 0 saturated carbocycles. The van der Waals surface area contributed by atoms with Crippen molar-refractivity contribution in [2.45, 2.75) is 6.04 Å². The fourth-order valence-corrected chi connectivity index (χ4v) is 2.48. The second kappa shape index (κ2) is 7.90. The molecule has 0 bridgehead atoms. The molecule has 1 N–H and O–H groups in total. The maximum Gasteiger partial charge on any atom is 0.255 e. The van der Waals surface area contributed by atoms with Crippen LogP contribution in [0.3, 0.4) is 0 Å². The number of methoxy groups -OCH3 is 1. The molecule has 1 heterocycles. The van der Waals surface area contributed by atoms with E-state index in [0.29, 0.717) is 17.1 Å². The molecule has 6 heteroatoms. The van der Waals surface area contributed by atoms with Crippen LogP contribution in [-0.4, -0.2) is 23.0 Å². The molecule has 0 aliphatic heterocycles. The molecule has 0 saturated heterocycles. The first-order valence-electron chi connectivity index (χ1n) is 7.94. The molecule has 3 rings (SSSR count). The Bertz CT molecular complexity index is 934. The number of hydrogen-bond donors (Lipinski definition) is 1. The number of amides is 1. The Kier molecular flexibility index (Phi) is 5.20. The highest BCUT2D eigenvalue weighted by molar-refractivity contribution is 5.94. The zero-order valence-corrected chi connectivity index (χ0v) is 14.1. The van der Waals surface area contributed by atoms with Gasteiger partial charge in [-0.3, -0.25) is 4.79 Å². The third-order valence-electron chi connectivity index (χ3n) is 3.80. The molecule has 0 fully saturated rings. The second-order valence-corrected chi connectivity index (χ2v) is 5.44. The lowest BCUT2D eigenvalue weighted by Crippen LogP contribution is -2.28. The summed E-state index contributed by atoms with van der Waals surface area (Å²) in [6.45, 7) is 0. The zero-order valence-electron chi connectivity index (χ0n) is 14.1. The highest BCUT2D eigenvalue weighted by atomic mass is 16.5. The third-order valence-corrected chi connectivity index (χ3v) is 3.80. The van der Waals surface area contributed by atoms with Gasteiger partial charge in [-0.05, 0) is 6.07 Å². The maximum absolute atomic E-state index is 12.5. The number of aromatic nitrogens is 2. The van der Waals surface area contributed by atoms with Crippen LogP contribution < -0.4 is 10.1 Å². The van der Waals surface area contributed by atoms with E-state index in [0.717, 1.165) is 5.56 Å². The summed E-state index contributed by atoms with van der Waals surface area (Å²) in [5.41, 5.74) is 1.73. The van der Waals surface area contributed by atoms with E-state index < -0.39 is 11.9 Å². The van der Waals surface area contributed by atoms with Crippen LogP contribution in [0, 0.1) is 11.3 Å². The molecule has 0 aliphatic rings.